The lowest BCUT2D eigenvalue weighted by molar-refractivity contribution is 0.325. The Hall–Kier alpha value is -0.300. The summed E-state index contributed by atoms with van der Waals surface area (Å²) in [5, 5.41) is 8.68. The van der Waals surface area contributed by atoms with E-state index < -0.39 is 0 Å². The Kier molecular flexibility index (Phi) is 5.64. The molecular weight excluding hydrogens is 112 g/mol. The summed E-state index contributed by atoms with van der Waals surface area (Å²) < 4.78 is 0. The quantitative estimate of drug-likeness (QED) is 0.575. The van der Waals surface area contributed by atoms with E-state index in [0.717, 1.165) is 12.0 Å². The van der Waals surface area contributed by atoms with Crippen LogP contribution in [0.1, 0.15) is 33.1 Å². The molecule has 0 aliphatic heterocycles. The number of aliphatic hydroxyl groups is 1. The first-order valence-electron chi connectivity index (χ1n) is 3.60. The van der Waals surface area contributed by atoms with Gasteiger partial charge in [0, 0.05) is 0 Å². The van der Waals surface area contributed by atoms with E-state index in [4.69, 9.17) is 5.11 Å². The van der Waals surface area contributed by atoms with Crippen LogP contribution in [-0.4, -0.2) is 11.7 Å². The van der Waals surface area contributed by atoms with Crippen LogP contribution in [0.5, 0.6) is 0 Å². The summed E-state index contributed by atoms with van der Waals surface area (Å²) >= 11 is 0. The van der Waals surface area contributed by atoms with Gasteiger partial charge in [0.2, 0.25) is 0 Å². The van der Waals surface area contributed by atoms with Crippen molar-refractivity contribution in [3.8, 4) is 0 Å². The van der Waals surface area contributed by atoms with Gasteiger partial charge in [-0.15, -0.1) is 0 Å². The first-order chi connectivity index (χ1) is 4.35. The molecule has 0 aromatic heterocycles. The van der Waals surface area contributed by atoms with Crippen molar-refractivity contribution in [3.63, 3.8) is 0 Å². The van der Waals surface area contributed by atoms with Crippen molar-refractivity contribution in [1.82, 2.24) is 0 Å². The summed E-state index contributed by atoms with van der Waals surface area (Å²) in [5.41, 5.74) is 1.16. The van der Waals surface area contributed by atoms with Gasteiger partial charge in [-0.2, -0.15) is 0 Å². The number of aliphatic hydroxyl groups excluding tert-OH is 1. The monoisotopic (exact) mass is 128 g/mol. The highest BCUT2D eigenvalue weighted by Crippen LogP contribution is 2.04. The van der Waals surface area contributed by atoms with Crippen LogP contribution in [0.25, 0.3) is 0 Å². The van der Waals surface area contributed by atoms with E-state index in [2.05, 4.69) is 6.92 Å². The van der Waals surface area contributed by atoms with Crippen LogP contribution in [0.15, 0.2) is 11.6 Å². The second-order valence-corrected chi connectivity index (χ2v) is 2.21. The Labute approximate surface area is 57.4 Å². The summed E-state index contributed by atoms with van der Waals surface area (Å²) in [7, 11) is 0. The third kappa shape index (κ3) is 4.22. The van der Waals surface area contributed by atoms with E-state index in [0.29, 0.717) is 0 Å². The standard InChI is InChI=1S/C8H16O/c1-3-5-6-8(4-2)7-9/h4,9H,3,5-7H2,1-2H3/b8-4-. The highest BCUT2D eigenvalue weighted by molar-refractivity contribution is 4.99. The molecule has 54 valence electrons. The fourth-order valence-corrected chi connectivity index (χ4v) is 0.719. The molecule has 0 saturated carbocycles. The lowest BCUT2D eigenvalue weighted by atomic mass is 10.1. The molecule has 1 N–H and O–H groups in total. The van der Waals surface area contributed by atoms with Crippen LogP contribution in [0.2, 0.25) is 0 Å². The minimum atomic E-state index is 0.233. The molecule has 0 aliphatic rings. The molecule has 0 spiro atoms. The largest absolute Gasteiger partial charge is 0.392 e. The Morgan fingerprint density at radius 1 is 1.56 bits per heavy atom. The Morgan fingerprint density at radius 3 is 2.56 bits per heavy atom. The third-order valence-electron chi connectivity index (χ3n) is 1.46. The molecule has 0 aromatic carbocycles. The topological polar surface area (TPSA) is 20.2 Å². The average Bonchev–Trinajstić information content (AvgIpc) is 1.91. The van der Waals surface area contributed by atoms with Crippen molar-refractivity contribution >= 4 is 0 Å². The van der Waals surface area contributed by atoms with Gasteiger partial charge in [0.15, 0.2) is 0 Å². The molecule has 0 atom stereocenters. The van der Waals surface area contributed by atoms with Crippen LogP contribution in [0, 0.1) is 0 Å². The SMILES string of the molecule is C/C=C(\CO)CCCC. The summed E-state index contributed by atoms with van der Waals surface area (Å²) in [6.07, 6.45) is 5.46. The first kappa shape index (κ1) is 8.70. The summed E-state index contributed by atoms with van der Waals surface area (Å²) in [4.78, 5) is 0. The van der Waals surface area contributed by atoms with Crippen LogP contribution in [-0.2, 0) is 0 Å². The van der Waals surface area contributed by atoms with Crippen LogP contribution < -0.4 is 0 Å². The number of unbranched alkanes of at least 4 members (excludes halogenated alkanes) is 1. The summed E-state index contributed by atoms with van der Waals surface area (Å²) in [6, 6.07) is 0. The van der Waals surface area contributed by atoms with Gasteiger partial charge in [-0.1, -0.05) is 19.4 Å². The van der Waals surface area contributed by atoms with Crippen LogP contribution in [0.3, 0.4) is 0 Å². The first-order valence-corrected chi connectivity index (χ1v) is 3.60. The van der Waals surface area contributed by atoms with Gasteiger partial charge in [0.05, 0.1) is 6.61 Å². The lowest BCUT2D eigenvalue weighted by Crippen LogP contribution is -1.88. The summed E-state index contributed by atoms with van der Waals surface area (Å²) in [5.74, 6) is 0. The Morgan fingerprint density at radius 2 is 2.22 bits per heavy atom. The van der Waals surface area contributed by atoms with Crippen LogP contribution >= 0.6 is 0 Å². The molecule has 0 radical (unpaired) electrons. The van der Waals surface area contributed by atoms with E-state index in [1.165, 1.54) is 12.8 Å². The van der Waals surface area contributed by atoms with E-state index in [9.17, 15) is 0 Å². The molecule has 0 heterocycles. The number of hydrogen-bond donors (Lipinski definition) is 1. The molecule has 9 heavy (non-hydrogen) atoms. The highest BCUT2D eigenvalue weighted by Gasteiger charge is 1.90. The van der Waals surface area contributed by atoms with Gasteiger partial charge < -0.3 is 5.11 Å². The lowest BCUT2D eigenvalue weighted by Gasteiger charge is -1.99. The Bertz CT molecular complexity index is 84.6. The molecule has 0 aromatic rings. The average molecular weight is 128 g/mol. The van der Waals surface area contributed by atoms with Gasteiger partial charge in [-0.25, -0.2) is 0 Å². The van der Waals surface area contributed by atoms with Gasteiger partial charge in [0.25, 0.3) is 0 Å². The second kappa shape index (κ2) is 5.83. The predicted molar refractivity (Wildman–Crippen MR) is 40.4 cm³/mol. The van der Waals surface area contributed by atoms with Gasteiger partial charge >= 0.3 is 0 Å². The summed E-state index contributed by atoms with van der Waals surface area (Å²) in [6.45, 7) is 4.36. The number of hydrogen-bond acceptors (Lipinski definition) is 1. The van der Waals surface area contributed by atoms with Crippen molar-refractivity contribution in [2.45, 2.75) is 33.1 Å². The molecular formula is C8H16O. The number of rotatable bonds is 4. The maximum atomic E-state index is 8.68. The zero-order valence-electron chi connectivity index (χ0n) is 6.35. The fraction of sp³-hybridized carbons (Fsp3) is 0.750. The maximum Gasteiger partial charge on any atom is 0.0641 e. The zero-order chi connectivity index (χ0) is 7.11. The van der Waals surface area contributed by atoms with Crippen molar-refractivity contribution < 1.29 is 5.11 Å². The fourth-order valence-electron chi connectivity index (χ4n) is 0.719. The molecule has 0 rings (SSSR count). The third-order valence-corrected chi connectivity index (χ3v) is 1.46. The van der Waals surface area contributed by atoms with Crippen molar-refractivity contribution in [1.29, 1.82) is 0 Å². The minimum absolute atomic E-state index is 0.233. The molecule has 0 aliphatic carbocycles. The molecule has 0 amide bonds. The van der Waals surface area contributed by atoms with Gasteiger partial charge in [0.1, 0.15) is 0 Å². The number of allylic oxidation sites excluding steroid dienone is 1. The van der Waals surface area contributed by atoms with E-state index in [1.807, 2.05) is 13.0 Å². The van der Waals surface area contributed by atoms with Gasteiger partial charge in [-0.05, 0) is 25.3 Å². The molecule has 1 nitrogen and oxygen atoms in total. The molecule has 0 fully saturated rings. The normalized spacial score (nSPS) is 12.1. The van der Waals surface area contributed by atoms with Crippen molar-refractivity contribution in [2.24, 2.45) is 0 Å². The molecule has 0 saturated heterocycles. The molecule has 0 bridgehead atoms. The van der Waals surface area contributed by atoms with Crippen LogP contribution in [0.4, 0.5) is 0 Å². The molecule has 0 unspecified atom stereocenters. The molecule has 1 heteroatoms. The van der Waals surface area contributed by atoms with E-state index in [1.54, 1.807) is 0 Å². The predicted octanol–water partition coefficient (Wildman–Crippen LogP) is 2.12. The minimum Gasteiger partial charge on any atom is -0.392 e. The smallest absolute Gasteiger partial charge is 0.0641 e. The van der Waals surface area contributed by atoms with Crippen molar-refractivity contribution in [3.05, 3.63) is 11.6 Å². The van der Waals surface area contributed by atoms with Crippen molar-refractivity contribution in [2.75, 3.05) is 6.61 Å². The maximum absolute atomic E-state index is 8.68. The highest BCUT2D eigenvalue weighted by atomic mass is 16.3. The second-order valence-electron chi connectivity index (χ2n) is 2.21. The van der Waals surface area contributed by atoms with Gasteiger partial charge in [-0.3, -0.25) is 0 Å². The zero-order valence-corrected chi connectivity index (χ0v) is 6.35. The Balaban J connectivity index is 3.33. The van der Waals surface area contributed by atoms with E-state index >= 15 is 0 Å². The van der Waals surface area contributed by atoms with E-state index in [-0.39, 0.29) is 6.61 Å².